The minimum Gasteiger partial charge on any atom is -0.389 e. The van der Waals surface area contributed by atoms with Gasteiger partial charge >= 0.3 is 0 Å². The van der Waals surface area contributed by atoms with Gasteiger partial charge in [-0.3, -0.25) is 0 Å². The fourth-order valence-corrected chi connectivity index (χ4v) is 1.31. The van der Waals surface area contributed by atoms with Crippen LogP contribution in [0.1, 0.15) is 5.56 Å². The minimum absolute atomic E-state index is 0.0962. The molecule has 0 aliphatic heterocycles. The third-order valence-corrected chi connectivity index (χ3v) is 2.09. The highest BCUT2D eigenvalue weighted by molar-refractivity contribution is 14.1. The molecular weight excluding hydrogens is 276 g/mol. The zero-order valence-electron chi connectivity index (χ0n) is 5.47. The molecule has 0 heterocycles. The van der Waals surface area contributed by atoms with E-state index in [4.69, 9.17) is 5.73 Å². The van der Waals surface area contributed by atoms with Crippen molar-refractivity contribution in [2.45, 2.75) is 0 Å². The van der Waals surface area contributed by atoms with Gasteiger partial charge in [0, 0.05) is 9.13 Å². The molecule has 0 aliphatic carbocycles. The van der Waals surface area contributed by atoms with Crippen molar-refractivity contribution in [2.24, 2.45) is 5.73 Å². The summed E-state index contributed by atoms with van der Waals surface area (Å²) in [5.74, 6) is -0.357. The summed E-state index contributed by atoms with van der Waals surface area (Å²) in [5, 5.41) is 0. The molecule has 0 saturated heterocycles. The molecule has 58 valence electrons. The largest absolute Gasteiger partial charge is 0.389 e. The van der Waals surface area contributed by atoms with Gasteiger partial charge in [0.1, 0.15) is 10.8 Å². The Bertz CT molecular complexity index is 300. The monoisotopic (exact) mass is 281 g/mol. The number of thiocarbonyl (C=S) groups is 1. The molecule has 0 bridgehead atoms. The maximum absolute atomic E-state index is 12.9. The van der Waals surface area contributed by atoms with Crippen molar-refractivity contribution < 1.29 is 4.39 Å². The lowest BCUT2D eigenvalue weighted by Crippen LogP contribution is -2.11. The van der Waals surface area contributed by atoms with Gasteiger partial charge in [-0.15, -0.1) is 0 Å². The summed E-state index contributed by atoms with van der Waals surface area (Å²) >= 11 is 6.65. The second kappa shape index (κ2) is 3.44. The molecule has 11 heavy (non-hydrogen) atoms. The number of hydrogen-bond donors (Lipinski definition) is 1. The second-order valence-electron chi connectivity index (χ2n) is 1.99. The van der Waals surface area contributed by atoms with Crippen molar-refractivity contribution in [3.63, 3.8) is 0 Å². The number of hydrogen-bond acceptors (Lipinski definition) is 1. The first kappa shape index (κ1) is 8.86. The average molecular weight is 281 g/mol. The first-order valence-corrected chi connectivity index (χ1v) is 4.35. The maximum atomic E-state index is 12.9. The van der Waals surface area contributed by atoms with Gasteiger partial charge in [-0.2, -0.15) is 0 Å². The van der Waals surface area contributed by atoms with Crippen LogP contribution in [-0.4, -0.2) is 4.99 Å². The van der Waals surface area contributed by atoms with Gasteiger partial charge in [-0.1, -0.05) is 12.2 Å². The first-order chi connectivity index (χ1) is 5.11. The van der Waals surface area contributed by atoms with Crippen molar-refractivity contribution >= 4 is 39.8 Å². The van der Waals surface area contributed by atoms with Crippen molar-refractivity contribution in [3.05, 3.63) is 33.1 Å². The van der Waals surface area contributed by atoms with Crippen LogP contribution >= 0.6 is 34.8 Å². The van der Waals surface area contributed by atoms with Crippen LogP contribution in [0.2, 0.25) is 0 Å². The highest BCUT2D eigenvalue weighted by atomic mass is 127. The van der Waals surface area contributed by atoms with Crippen molar-refractivity contribution in [1.29, 1.82) is 0 Å². The molecule has 0 aliphatic rings. The van der Waals surface area contributed by atoms with E-state index in [1.54, 1.807) is 12.1 Å². The predicted octanol–water partition coefficient (Wildman–Crippen LogP) is 2.06. The van der Waals surface area contributed by atoms with Crippen LogP contribution in [0.15, 0.2) is 18.2 Å². The summed E-state index contributed by atoms with van der Waals surface area (Å²) in [6.07, 6.45) is 0. The van der Waals surface area contributed by atoms with Crippen LogP contribution < -0.4 is 5.73 Å². The third-order valence-electron chi connectivity index (χ3n) is 1.20. The zero-order chi connectivity index (χ0) is 8.43. The summed E-state index contributed by atoms with van der Waals surface area (Å²) in [7, 11) is 0. The highest BCUT2D eigenvalue weighted by Crippen LogP contribution is 2.11. The van der Waals surface area contributed by atoms with Gasteiger partial charge in [0.2, 0.25) is 0 Å². The standard InChI is InChI=1S/C7H5FINS/c8-6-3-4(9)1-2-5(6)7(10)11/h1-3H,(H2,10,11). The summed E-state index contributed by atoms with van der Waals surface area (Å²) in [6.45, 7) is 0. The van der Waals surface area contributed by atoms with Gasteiger partial charge in [-0.05, 0) is 40.8 Å². The summed E-state index contributed by atoms with van der Waals surface area (Å²) in [4.78, 5) is 0.0962. The van der Waals surface area contributed by atoms with Crippen LogP contribution in [0.5, 0.6) is 0 Å². The average Bonchev–Trinajstić information content (AvgIpc) is 1.85. The fraction of sp³-hybridized carbons (Fsp3) is 0. The van der Waals surface area contributed by atoms with E-state index in [1.165, 1.54) is 6.07 Å². The number of halogens is 2. The van der Waals surface area contributed by atoms with E-state index in [9.17, 15) is 4.39 Å². The molecular formula is C7H5FINS. The van der Waals surface area contributed by atoms with Crippen molar-refractivity contribution in [3.8, 4) is 0 Å². The van der Waals surface area contributed by atoms with Crippen LogP contribution in [0.4, 0.5) is 4.39 Å². The molecule has 0 aromatic heterocycles. The second-order valence-corrected chi connectivity index (χ2v) is 3.67. The van der Waals surface area contributed by atoms with Crippen molar-refractivity contribution in [2.75, 3.05) is 0 Å². The summed E-state index contributed by atoms with van der Waals surface area (Å²) in [6, 6.07) is 4.74. The van der Waals surface area contributed by atoms with Crippen LogP contribution in [0.3, 0.4) is 0 Å². The molecule has 2 N–H and O–H groups in total. The van der Waals surface area contributed by atoms with E-state index in [2.05, 4.69) is 12.2 Å². The van der Waals surface area contributed by atoms with E-state index in [0.717, 1.165) is 3.57 Å². The normalized spacial score (nSPS) is 9.64. The smallest absolute Gasteiger partial charge is 0.134 e. The molecule has 0 fully saturated rings. The Morgan fingerprint density at radius 1 is 1.55 bits per heavy atom. The Morgan fingerprint density at radius 3 is 2.64 bits per heavy atom. The lowest BCUT2D eigenvalue weighted by Gasteiger charge is -1.99. The molecule has 1 rings (SSSR count). The van der Waals surface area contributed by atoms with Gasteiger partial charge in [-0.25, -0.2) is 4.39 Å². The van der Waals surface area contributed by atoms with E-state index >= 15 is 0 Å². The molecule has 1 aromatic rings. The first-order valence-electron chi connectivity index (χ1n) is 2.86. The number of nitrogens with two attached hydrogens (primary N) is 1. The van der Waals surface area contributed by atoms with Crippen LogP contribution in [0, 0.1) is 9.39 Å². The summed E-state index contributed by atoms with van der Waals surface area (Å²) < 4.78 is 13.8. The number of rotatable bonds is 1. The highest BCUT2D eigenvalue weighted by Gasteiger charge is 2.03. The molecule has 0 unspecified atom stereocenters. The van der Waals surface area contributed by atoms with Crippen LogP contribution in [0.25, 0.3) is 0 Å². The molecule has 0 amide bonds. The van der Waals surface area contributed by atoms with E-state index in [1.807, 2.05) is 22.6 Å². The van der Waals surface area contributed by atoms with Crippen molar-refractivity contribution in [1.82, 2.24) is 0 Å². The zero-order valence-corrected chi connectivity index (χ0v) is 8.45. The van der Waals surface area contributed by atoms with E-state index < -0.39 is 0 Å². The molecule has 0 atom stereocenters. The maximum Gasteiger partial charge on any atom is 0.134 e. The molecule has 0 radical (unpaired) electrons. The Hall–Kier alpha value is -0.230. The Balaban J connectivity index is 3.20. The topological polar surface area (TPSA) is 26.0 Å². The molecule has 0 saturated carbocycles. The fourth-order valence-electron chi connectivity index (χ4n) is 0.689. The SMILES string of the molecule is NC(=S)c1ccc(I)cc1F. The van der Waals surface area contributed by atoms with Gasteiger partial charge in [0.15, 0.2) is 0 Å². The van der Waals surface area contributed by atoms with Crippen LogP contribution in [-0.2, 0) is 0 Å². The molecule has 1 nitrogen and oxygen atoms in total. The Morgan fingerprint density at radius 2 is 2.18 bits per heavy atom. The van der Waals surface area contributed by atoms with Gasteiger partial charge < -0.3 is 5.73 Å². The van der Waals surface area contributed by atoms with E-state index in [0.29, 0.717) is 5.56 Å². The van der Waals surface area contributed by atoms with E-state index in [-0.39, 0.29) is 10.8 Å². The minimum atomic E-state index is -0.357. The molecule has 4 heteroatoms. The number of benzene rings is 1. The lowest BCUT2D eigenvalue weighted by atomic mass is 10.2. The summed E-state index contributed by atoms with van der Waals surface area (Å²) in [5.41, 5.74) is 5.56. The Kier molecular flexibility index (Phi) is 2.78. The van der Waals surface area contributed by atoms with Gasteiger partial charge in [0.25, 0.3) is 0 Å². The van der Waals surface area contributed by atoms with Gasteiger partial charge in [0.05, 0.1) is 0 Å². The Labute approximate surface area is 82.9 Å². The quantitative estimate of drug-likeness (QED) is 0.630. The lowest BCUT2D eigenvalue weighted by molar-refractivity contribution is 0.624. The molecule has 1 aromatic carbocycles. The molecule has 0 spiro atoms. The predicted molar refractivity (Wildman–Crippen MR) is 55.0 cm³/mol. The third kappa shape index (κ3) is 2.10.